The van der Waals surface area contributed by atoms with Crippen molar-refractivity contribution in [3.8, 4) is 0 Å². The highest BCUT2D eigenvalue weighted by molar-refractivity contribution is 4.69. The third-order valence-corrected chi connectivity index (χ3v) is 3.65. The van der Waals surface area contributed by atoms with Gasteiger partial charge in [0, 0.05) is 32.2 Å². The molecule has 1 saturated heterocycles. The van der Waals surface area contributed by atoms with Crippen LogP contribution < -0.4 is 5.32 Å². The lowest BCUT2D eigenvalue weighted by atomic mass is 10.1. The summed E-state index contributed by atoms with van der Waals surface area (Å²) in [7, 11) is 2.26. The van der Waals surface area contributed by atoms with Gasteiger partial charge in [0.1, 0.15) is 0 Å². The van der Waals surface area contributed by atoms with Gasteiger partial charge >= 0.3 is 0 Å². The SMILES string of the molecule is CCCC(C)N(C)CCCN1CCNCC1. The minimum Gasteiger partial charge on any atom is -0.314 e. The summed E-state index contributed by atoms with van der Waals surface area (Å²) < 4.78 is 0. The fourth-order valence-electron chi connectivity index (χ4n) is 2.34. The number of hydrogen-bond acceptors (Lipinski definition) is 3. The summed E-state index contributed by atoms with van der Waals surface area (Å²) in [4.78, 5) is 5.08. The smallest absolute Gasteiger partial charge is 0.0107 e. The molecule has 0 aromatic carbocycles. The fourth-order valence-corrected chi connectivity index (χ4v) is 2.34. The molecule has 0 spiro atoms. The Morgan fingerprint density at radius 3 is 2.62 bits per heavy atom. The van der Waals surface area contributed by atoms with Crippen molar-refractivity contribution in [3.63, 3.8) is 0 Å². The van der Waals surface area contributed by atoms with Crippen molar-refractivity contribution in [2.24, 2.45) is 0 Å². The van der Waals surface area contributed by atoms with Gasteiger partial charge in [-0.3, -0.25) is 0 Å². The monoisotopic (exact) mass is 227 g/mol. The van der Waals surface area contributed by atoms with Gasteiger partial charge in [-0.2, -0.15) is 0 Å². The van der Waals surface area contributed by atoms with E-state index in [4.69, 9.17) is 0 Å². The molecule has 3 nitrogen and oxygen atoms in total. The lowest BCUT2D eigenvalue weighted by Crippen LogP contribution is -2.44. The minimum absolute atomic E-state index is 0.744. The van der Waals surface area contributed by atoms with Crippen LogP contribution in [0.2, 0.25) is 0 Å². The summed E-state index contributed by atoms with van der Waals surface area (Å²) in [6, 6.07) is 0.744. The molecule has 0 bridgehead atoms. The maximum atomic E-state index is 3.40. The maximum absolute atomic E-state index is 3.40. The van der Waals surface area contributed by atoms with Crippen LogP contribution in [0.4, 0.5) is 0 Å². The normalized spacial score (nSPS) is 20.2. The molecule has 1 atom stereocenters. The van der Waals surface area contributed by atoms with Crippen molar-refractivity contribution in [3.05, 3.63) is 0 Å². The second-order valence-corrected chi connectivity index (χ2v) is 5.06. The van der Waals surface area contributed by atoms with Crippen LogP contribution in [0.15, 0.2) is 0 Å². The van der Waals surface area contributed by atoms with Crippen molar-refractivity contribution >= 4 is 0 Å². The lowest BCUT2D eigenvalue weighted by molar-refractivity contribution is 0.200. The summed E-state index contributed by atoms with van der Waals surface area (Å²) in [5.74, 6) is 0. The molecule has 1 N–H and O–H groups in total. The first-order chi connectivity index (χ1) is 7.74. The van der Waals surface area contributed by atoms with Crippen LogP contribution in [-0.4, -0.2) is 62.2 Å². The van der Waals surface area contributed by atoms with Gasteiger partial charge in [-0.15, -0.1) is 0 Å². The second-order valence-electron chi connectivity index (χ2n) is 5.06. The lowest BCUT2D eigenvalue weighted by Gasteiger charge is -2.29. The second kappa shape index (κ2) is 8.04. The van der Waals surface area contributed by atoms with E-state index in [0.717, 1.165) is 6.04 Å². The first-order valence-electron chi connectivity index (χ1n) is 6.87. The van der Waals surface area contributed by atoms with E-state index in [0.29, 0.717) is 0 Å². The summed E-state index contributed by atoms with van der Waals surface area (Å²) >= 11 is 0. The molecule has 0 amide bonds. The van der Waals surface area contributed by atoms with E-state index in [-0.39, 0.29) is 0 Å². The average molecular weight is 227 g/mol. The number of nitrogens with zero attached hydrogens (tertiary/aromatic N) is 2. The van der Waals surface area contributed by atoms with E-state index < -0.39 is 0 Å². The molecule has 96 valence electrons. The zero-order valence-electron chi connectivity index (χ0n) is 11.3. The van der Waals surface area contributed by atoms with Crippen LogP contribution in [0.3, 0.4) is 0 Å². The van der Waals surface area contributed by atoms with Crippen LogP contribution in [0, 0.1) is 0 Å². The van der Waals surface area contributed by atoms with Crippen molar-refractivity contribution in [2.75, 3.05) is 46.3 Å². The van der Waals surface area contributed by atoms with Gasteiger partial charge in [0.15, 0.2) is 0 Å². The molecule has 1 fully saturated rings. The van der Waals surface area contributed by atoms with Crippen molar-refractivity contribution in [2.45, 2.75) is 39.2 Å². The van der Waals surface area contributed by atoms with Crippen LogP contribution in [-0.2, 0) is 0 Å². The fraction of sp³-hybridized carbons (Fsp3) is 1.00. The molecule has 0 saturated carbocycles. The molecular weight excluding hydrogens is 198 g/mol. The van der Waals surface area contributed by atoms with Gasteiger partial charge in [0.2, 0.25) is 0 Å². The van der Waals surface area contributed by atoms with Crippen molar-refractivity contribution in [1.82, 2.24) is 15.1 Å². The summed E-state index contributed by atoms with van der Waals surface area (Å²) in [6.45, 7) is 11.9. The highest BCUT2D eigenvalue weighted by Crippen LogP contribution is 2.05. The predicted molar refractivity (Wildman–Crippen MR) is 70.9 cm³/mol. The Morgan fingerprint density at radius 1 is 1.31 bits per heavy atom. The number of piperazine rings is 1. The summed E-state index contributed by atoms with van der Waals surface area (Å²) in [5.41, 5.74) is 0. The first kappa shape index (κ1) is 13.9. The maximum Gasteiger partial charge on any atom is 0.0107 e. The molecule has 0 aliphatic carbocycles. The van der Waals surface area contributed by atoms with E-state index in [1.165, 1.54) is 58.5 Å². The number of nitrogens with one attached hydrogen (secondary N) is 1. The average Bonchev–Trinajstić information content (AvgIpc) is 2.30. The molecule has 0 radical (unpaired) electrons. The Balaban J connectivity index is 2.04. The van der Waals surface area contributed by atoms with Gasteiger partial charge in [-0.05, 0) is 39.9 Å². The molecule has 1 unspecified atom stereocenters. The van der Waals surface area contributed by atoms with E-state index in [1.807, 2.05) is 0 Å². The Bertz CT molecular complexity index is 167. The van der Waals surface area contributed by atoms with Gasteiger partial charge in [-0.1, -0.05) is 13.3 Å². The molecule has 1 aliphatic heterocycles. The Labute approximate surface area is 101 Å². The molecular formula is C13H29N3. The van der Waals surface area contributed by atoms with Gasteiger partial charge in [0.05, 0.1) is 0 Å². The van der Waals surface area contributed by atoms with Gasteiger partial charge in [-0.25, -0.2) is 0 Å². The van der Waals surface area contributed by atoms with Crippen LogP contribution in [0.1, 0.15) is 33.1 Å². The molecule has 1 rings (SSSR count). The molecule has 3 heteroatoms. The largest absolute Gasteiger partial charge is 0.314 e. The summed E-state index contributed by atoms with van der Waals surface area (Å²) in [6.07, 6.45) is 3.93. The highest BCUT2D eigenvalue weighted by atomic mass is 15.2. The zero-order valence-corrected chi connectivity index (χ0v) is 11.3. The highest BCUT2D eigenvalue weighted by Gasteiger charge is 2.11. The summed E-state index contributed by atoms with van der Waals surface area (Å²) in [5, 5.41) is 3.40. The van der Waals surface area contributed by atoms with E-state index in [1.54, 1.807) is 0 Å². The molecule has 0 aromatic rings. The Morgan fingerprint density at radius 2 is 2.00 bits per heavy atom. The molecule has 0 aromatic heterocycles. The van der Waals surface area contributed by atoms with Crippen LogP contribution in [0.5, 0.6) is 0 Å². The molecule has 1 aliphatic rings. The van der Waals surface area contributed by atoms with E-state index in [2.05, 4.69) is 36.0 Å². The van der Waals surface area contributed by atoms with Gasteiger partial charge < -0.3 is 15.1 Å². The van der Waals surface area contributed by atoms with Crippen molar-refractivity contribution < 1.29 is 0 Å². The third-order valence-electron chi connectivity index (χ3n) is 3.65. The van der Waals surface area contributed by atoms with Gasteiger partial charge in [0.25, 0.3) is 0 Å². The quantitative estimate of drug-likeness (QED) is 0.709. The zero-order chi connectivity index (χ0) is 11.8. The minimum atomic E-state index is 0.744. The van der Waals surface area contributed by atoms with E-state index >= 15 is 0 Å². The van der Waals surface area contributed by atoms with Crippen LogP contribution >= 0.6 is 0 Å². The van der Waals surface area contributed by atoms with Crippen molar-refractivity contribution in [1.29, 1.82) is 0 Å². The molecule has 1 heterocycles. The number of hydrogen-bond donors (Lipinski definition) is 1. The predicted octanol–water partition coefficient (Wildman–Crippen LogP) is 1.40. The third kappa shape index (κ3) is 5.28. The Hall–Kier alpha value is -0.120. The van der Waals surface area contributed by atoms with E-state index in [9.17, 15) is 0 Å². The number of rotatable bonds is 7. The topological polar surface area (TPSA) is 18.5 Å². The van der Waals surface area contributed by atoms with Crippen LogP contribution in [0.25, 0.3) is 0 Å². The first-order valence-corrected chi connectivity index (χ1v) is 6.87. The molecule has 16 heavy (non-hydrogen) atoms. The Kier molecular flexibility index (Phi) is 7.01. The standard InChI is InChI=1S/C13H29N3/c1-4-6-13(2)15(3)9-5-10-16-11-7-14-8-12-16/h13-14H,4-12H2,1-3H3.